The van der Waals surface area contributed by atoms with E-state index in [1.54, 1.807) is 0 Å². The van der Waals surface area contributed by atoms with Gasteiger partial charge in [-0.15, -0.1) is 0 Å². The number of hydrogen-bond donors (Lipinski definition) is 1. The molecule has 2 N–H and O–H groups in total. The molecule has 2 aromatic rings. The molecule has 2 rings (SSSR count). The molecule has 1 atom stereocenters. The third kappa shape index (κ3) is 3.94. The molecular weight excluding hydrogens is 349 g/mol. The number of benzene rings is 2. The molecule has 2 aromatic carbocycles. The van der Waals surface area contributed by atoms with Gasteiger partial charge in [0.2, 0.25) is 0 Å². The van der Waals surface area contributed by atoms with Crippen molar-refractivity contribution in [1.29, 1.82) is 0 Å². The van der Waals surface area contributed by atoms with Crippen molar-refractivity contribution in [2.45, 2.75) is 26.5 Å². The van der Waals surface area contributed by atoms with Gasteiger partial charge in [-0.05, 0) is 65.8 Å². The maximum atomic E-state index is 5.97. The fourth-order valence-corrected chi connectivity index (χ4v) is 2.24. The van der Waals surface area contributed by atoms with Crippen LogP contribution in [-0.2, 0) is 6.61 Å². The second-order valence-electron chi connectivity index (χ2n) is 4.75. The van der Waals surface area contributed by atoms with Gasteiger partial charge < -0.3 is 10.5 Å². The Morgan fingerprint density at radius 1 is 1.16 bits per heavy atom. The van der Waals surface area contributed by atoms with Gasteiger partial charge in [0.25, 0.3) is 0 Å². The molecule has 0 aromatic heterocycles. The molecule has 0 amide bonds. The molecule has 2 nitrogen and oxygen atoms in total. The number of hydrogen-bond acceptors (Lipinski definition) is 2. The SMILES string of the molecule is Cc1ccc([C@H](C)N)c(OCc2ccc(I)cc2)c1. The average Bonchev–Trinajstić information content (AvgIpc) is 2.38. The minimum atomic E-state index is -0.0210. The van der Waals surface area contributed by atoms with Crippen LogP contribution in [0.1, 0.15) is 29.7 Å². The van der Waals surface area contributed by atoms with Crippen molar-refractivity contribution in [3.8, 4) is 5.75 Å². The van der Waals surface area contributed by atoms with Gasteiger partial charge in [0.15, 0.2) is 0 Å². The van der Waals surface area contributed by atoms with Gasteiger partial charge in [-0.1, -0.05) is 24.3 Å². The Morgan fingerprint density at radius 3 is 2.47 bits per heavy atom. The highest BCUT2D eigenvalue weighted by molar-refractivity contribution is 14.1. The van der Waals surface area contributed by atoms with Crippen LogP contribution in [0, 0.1) is 10.5 Å². The molecule has 0 unspecified atom stereocenters. The summed E-state index contributed by atoms with van der Waals surface area (Å²) in [7, 11) is 0. The first-order valence-electron chi connectivity index (χ1n) is 6.29. The second kappa shape index (κ2) is 6.39. The summed E-state index contributed by atoms with van der Waals surface area (Å²) < 4.78 is 7.15. The van der Waals surface area contributed by atoms with Crippen LogP contribution in [0.3, 0.4) is 0 Å². The van der Waals surface area contributed by atoms with E-state index in [9.17, 15) is 0 Å². The number of nitrogens with two attached hydrogens (primary N) is 1. The normalized spacial score (nSPS) is 12.2. The lowest BCUT2D eigenvalue weighted by atomic mass is 10.1. The smallest absolute Gasteiger partial charge is 0.124 e. The predicted octanol–water partition coefficient (Wildman–Crippen LogP) is 4.20. The van der Waals surface area contributed by atoms with E-state index in [-0.39, 0.29) is 6.04 Å². The molecule has 19 heavy (non-hydrogen) atoms. The molecule has 3 heteroatoms. The summed E-state index contributed by atoms with van der Waals surface area (Å²) in [5, 5.41) is 0. The lowest BCUT2D eigenvalue weighted by Crippen LogP contribution is -2.08. The van der Waals surface area contributed by atoms with Crippen molar-refractivity contribution in [2.24, 2.45) is 5.73 Å². The number of halogens is 1. The second-order valence-corrected chi connectivity index (χ2v) is 5.99. The summed E-state index contributed by atoms with van der Waals surface area (Å²) in [5.41, 5.74) is 9.37. The van der Waals surface area contributed by atoms with Crippen LogP contribution in [0.2, 0.25) is 0 Å². The zero-order chi connectivity index (χ0) is 13.8. The zero-order valence-corrected chi connectivity index (χ0v) is 13.3. The van der Waals surface area contributed by atoms with Crippen molar-refractivity contribution < 1.29 is 4.74 Å². The lowest BCUT2D eigenvalue weighted by molar-refractivity contribution is 0.301. The summed E-state index contributed by atoms with van der Waals surface area (Å²) in [5.74, 6) is 0.883. The summed E-state index contributed by atoms with van der Waals surface area (Å²) in [6, 6.07) is 14.5. The van der Waals surface area contributed by atoms with E-state index in [2.05, 4.69) is 59.8 Å². The van der Waals surface area contributed by atoms with Gasteiger partial charge in [0.05, 0.1) is 0 Å². The molecule has 0 aliphatic carbocycles. The highest BCUT2D eigenvalue weighted by Crippen LogP contribution is 2.26. The number of rotatable bonds is 4. The Bertz CT molecular complexity index is 549. The minimum Gasteiger partial charge on any atom is -0.489 e. The standard InChI is InChI=1S/C16H18INO/c1-11-3-8-15(12(2)18)16(9-11)19-10-13-4-6-14(17)7-5-13/h3-9,12H,10,18H2,1-2H3/t12-/m0/s1. The summed E-state index contributed by atoms with van der Waals surface area (Å²) in [6.45, 7) is 4.60. The van der Waals surface area contributed by atoms with Crippen LogP contribution in [0.15, 0.2) is 42.5 Å². The number of ether oxygens (including phenoxy) is 1. The molecule has 0 fully saturated rings. The fraction of sp³-hybridized carbons (Fsp3) is 0.250. The predicted molar refractivity (Wildman–Crippen MR) is 87.3 cm³/mol. The highest BCUT2D eigenvalue weighted by atomic mass is 127. The third-order valence-electron chi connectivity index (χ3n) is 2.97. The molecule has 100 valence electrons. The van der Waals surface area contributed by atoms with Gasteiger partial charge in [0, 0.05) is 15.2 Å². The first kappa shape index (κ1) is 14.3. The lowest BCUT2D eigenvalue weighted by Gasteiger charge is -2.15. The Kier molecular flexibility index (Phi) is 4.82. The zero-order valence-electron chi connectivity index (χ0n) is 11.2. The summed E-state index contributed by atoms with van der Waals surface area (Å²) in [6.07, 6.45) is 0. The Hall–Kier alpha value is -1.07. The van der Waals surface area contributed by atoms with Crippen molar-refractivity contribution in [2.75, 3.05) is 0 Å². The Labute approximate surface area is 128 Å². The van der Waals surface area contributed by atoms with Crippen molar-refractivity contribution in [3.63, 3.8) is 0 Å². The molecule has 0 bridgehead atoms. The van der Waals surface area contributed by atoms with Gasteiger partial charge in [0.1, 0.15) is 12.4 Å². The van der Waals surface area contributed by atoms with Crippen LogP contribution in [0.5, 0.6) is 5.75 Å². The van der Waals surface area contributed by atoms with E-state index in [0.29, 0.717) is 6.61 Å². The van der Waals surface area contributed by atoms with Crippen LogP contribution >= 0.6 is 22.6 Å². The van der Waals surface area contributed by atoms with Gasteiger partial charge >= 0.3 is 0 Å². The topological polar surface area (TPSA) is 35.2 Å². The Morgan fingerprint density at radius 2 is 1.84 bits per heavy atom. The van der Waals surface area contributed by atoms with Gasteiger partial charge in [-0.25, -0.2) is 0 Å². The molecule has 0 heterocycles. The quantitative estimate of drug-likeness (QED) is 0.823. The number of aryl methyl sites for hydroxylation is 1. The molecule has 0 spiro atoms. The third-order valence-corrected chi connectivity index (χ3v) is 3.69. The van der Waals surface area contributed by atoms with E-state index in [1.807, 2.05) is 19.1 Å². The molecular formula is C16H18INO. The molecule has 0 aliphatic heterocycles. The molecule has 0 aliphatic rings. The van der Waals surface area contributed by atoms with E-state index in [1.165, 1.54) is 9.13 Å². The average molecular weight is 367 g/mol. The van der Waals surface area contributed by atoms with Crippen LogP contribution in [-0.4, -0.2) is 0 Å². The maximum absolute atomic E-state index is 5.97. The van der Waals surface area contributed by atoms with Gasteiger partial charge in [-0.2, -0.15) is 0 Å². The maximum Gasteiger partial charge on any atom is 0.124 e. The molecule has 0 saturated carbocycles. The van der Waals surface area contributed by atoms with Crippen LogP contribution < -0.4 is 10.5 Å². The van der Waals surface area contributed by atoms with E-state index < -0.39 is 0 Å². The molecule has 0 radical (unpaired) electrons. The minimum absolute atomic E-state index is 0.0210. The first-order valence-corrected chi connectivity index (χ1v) is 7.37. The Balaban J connectivity index is 2.14. The monoisotopic (exact) mass is 367 g/mol. The first-order chi connectivity index (χ1) is 9.06. The fourth-order valence-electron chi connectivity index (χ4n) is 1.88. The van der Waals surface area contributed by atoms with Gasteiger partial charge in [-0.3, -0.25) is 0 Å². The highest BCUT2D eigenvalue weighted by Gasteiger charge is 2.08. The van der Waals surface area contributed by atoms with Crippen molar-refractivity contribution in [1.82, 2.24) is 0 Å². The van der Waals surface area contributed by atoms with Crippen molar-refractivity contribution in [3.05, 3.63) is 62.7 Å². The molecule has 0 saturated heterocycles. The summed E-state index contributed by atoms with van der Waals surface area (Å²) >= 11 is 2.30. The van der Waals surface area contributed by atoms with Crippen LogP contribution in [0.4, 0.5) is 0 Å². The summed E-state index contributed by atoms with van der Waals surface area (Å²) in [4.78, 5) is 0. The van der Waals surface area contributed by atoms with Crippen LogP contribution in [0.25, 0.3) is 0 Å². The van der Waals surface area contributed by atoms with E-state index in [0.717, 1.165) is 16.9 Å². The van der Waals surface area contributed by atoms with Crippen molar-refractivity contribution >= 4 is 22.6 Å². The van der Waals surface area contributed by atoms with E-state index in [4.69, 9.17) is 10.5 Å². The van der Waals surface area contributed by atoms with E-state index >= 15 is 0 Å². The largest absolute Gasteiger partial charge is 0.489 e.